The maximum atomic E-state index is 6.22. The van der Waals surface area contributed by atoms with Crippen molar-refractivity contribution >= 4 is 34.8 Å². The Labute approximate surface area is 113 Å². The summed E-state index contributed by atoms with van der Waals surface area (Å²) in [6.07, 6.45) is 1.05. The quantitative estimate of drug-likeness (QED) is 0.879. The standard InChI is InChI=1S/C12H19Cl2N3/c1-5-6-17(8(2)3)12-10(14)7-9(13)11(15-4)16-12/h7-8H,5-6H2,1-4H3,(H,15,16). The Balaban J connectivity index is 3.18. The Kier molecular flexibility index (Phi) is 5.34. The number of nitrogens with zero attached hydrogens (tertiary/aromatic N) is 2. The summed E-state index contributed by atoms with van der Waals surface area (Å²) in [6.45, 7) is 7.32. The molecule has 1 N–H and O–H groups in total. The fourth-order valence-electron chi connectivity index (χ4n) is 1.68. The van der Waals surface area contributed by atoms with Crippen LogP contribution in [0.3, 0.4) is 0 Å². The highest BCUT2D eigenvalue weighted by Gasteiger charge is 2.17. The number of hydrogen-bond donors (Lipinski definition) is 1. The van der Waals surface area contributed by atoms with Crippen molar-refractivity contribution in [3.8, 4) is 0 Å². The van der Waals surface area contributed by atoms with E-state index in [1.54, 1.807) is 13.1 Å². The zero-order valence-electron chi connectivity index (χ0n) is 10.7. The summed E-state index contributed by atoms with van der Waals surface area (Å²) in [4.78, 5) is 6.66. The molecule has 0 radical (unpaired) electrons. The van der Waals surface area contributed by atoms with Gasteiger partial charge in [0.2, 0.25) is 0 Å². The molecule has 1 heterocycles. The predicted molar refractivity (Wildman–Crippen MR) is 76.6 cm³/mol. The molecule has 0 aromatic carbocycles. The second-order valence-corrected chi connectivity index (χ2v) is 4.98. The van der Waals surface area contributed by atoms with Crippen molar-refractivity contribution in [3.05, 3.63) is 16.1 Å². The highest BCUT2D eigenvalue weighted by Crippen LogP contribution is 2.32. The van der Waals surface area contributed by atoms with Crippen molar-refractivity contribution in [2.24, 2.45) is 0 Å². The number of pyridine rings is 1. The van der Waals surface area contributed by atoms with E-state index in [1.807, 2.05) is 0 Å². The van der Waals surface area contributed by atoms with Gasteiger partial charge in [-0.25, -0.2) is 4.98 Å². The summed E-state index contributed by atoms with van der Waals surface area (Å²) in [6, 6.07) is 2.09. The average Bonchev–Trinajstić information content (AvgIpc) is 2.26. The molecule has 0 spiro atoms. The topological polar surface area (TPSA) is 28.2 Å². The Hall–Kier alpha value is -0.670. The molecule has 0 saturated carbocycles. The molecule has 0 saturated heterocycles. The van der Waals surface area contributed by atoms with Gasteiger partial charge in [0, 0.05) is 19.6 Å². The number of hydrogen-bond acceptors (Lipinski definition) is 3. The first-order chi connectivity index (χ1) is 8.01. The van der Waals surface area contributed by atoms with Gasteiger partial charge in [0.25, 0.3) is 0 Å². The molecule has 0 aliphatic heterocycles. The van der Waals surface area contributed by atoms with Crippen molar-refractivity contribution in [2.75, 3.05) is 23.8 Å². The Bertz CT molecular complexity index is 380. The maximum Gasteiger partial charge on any atom is 0.150 e. The zero-order valence-corrected chi connectivity index (χ0v) is 12.2. The number of aromatic nitrogens is 1. The number of nitrogens with one attached hydrogen (secondary N) is 1. The van der Waals surface area contributed by atoms with E-state index < -0.39 is 0 Å². The lowest BCUT2D eigenvalue weighted by atomic mass is 10.2. The molecule has 96 valence electrons. The SMILES string of the molecule is CCCN(c1nc(NC)c(Cl)cc1Cl)C(C)C. The number of anilines is 2. The van der Waals surface area contributed by atoms with Gasteiger partial charge in [0.1, 0.15) is 11.6 Å². The van der Waals surface area contributed by atoms with Gasteiger partial charge in [0.15, 0.2) is 0 Å². The van der Waals surface area contributed by atoms with Gasteiger partial charge in [-0.15, -0.1) is 0 Å². The molecule has 5 heteroatoms. The van der Waals surface area contributed by atoms with Gasteiger partial charge in [-0.2, -0.15) is 0 Å². The summed E-state index contributed by atoms with van der Waals surface area (Å²) in [5, 5.41) is 4.11. The molecule has 0 atom stereocenters. The van der Waals surface area contributed by atoms with E-state index >= 15 is 0 Å². The van der Waals surface area contributed by atoms with Crippen LogP contribution >= 0.6 is 23.2 Å². The Morgan fingerprint density at radius 3 is 2.47 bits per heavy atom. The molecule has 0 aliphatic rings. The zero-order chi connectivity index (χ0) is 13.0. The van der Waals surface area contributed by atoms with Crippen LogP contribution in [0.15, 0.2) is 6.07 Å². The fourth-order valence-corrected chi connectivity index (χ4v) is 2.24. The van der Waals surface area contributed by atoms with Gasteiger partial charge >= 0.3 is 0 Å². The minimum Gasteiger partial charge on any atom is -0.372 e. The number of rotatable bonds is 5. The minimum atomic E-state index is 0.353. The van der Waals surface area contributed by atoms with E-state index in [-0.39, 0.29) is 0 Å². The van der Waals surface area contributed by atoms with E-state index in [2.05, 4.69) is 36.0 Å². The van der Waals surface area contributed by atoms with Crippen molar-refractivity contribution in [2.45, 2.75) is 33.2 Å². The van der Waals surface area contributed by atoms with Gasteiger partial charge in [0.05, 0.1) is 10.0 Å². The third kappa shape index (κ3) is 3.39. The van der Waals surface area contributed by atoms with E-state index in [9.17, 15) is 0 Å². The summed E-state index contributed by atoms with van der Waals surface area (Å²) >= 11 is 12.3. The normalized spacial score (nSPS) is 10.8. The first kappa shape index (κ1) is 14.4. The third-order valence-electron chi connectivity index (χ3n) is 2.51. The van der Waals surface area contributed by atoms with Crippen molar-refractivity contribution < 1.29 is 0 Å². The van der Waals surface area contributed by atoms with Crippen LogP contribution in [0.2, 0.25) is 10.0 Å². The highest BCUT2D eigenvalue weighted by molar-refractivity contribution is 6.37. The van der Waals surface area contributed by atoms with Crippen molar-refractivity contribution in [1.82, 2.24) is 4.98 Å². The second kappa shape index (κ2) is 6.31. The molecule has 0 amide bonds. The first-order valence-electron chi connectivity index (χ1n) is 5.81. The molecule has 1 aromatic heterocycles. The minimum absolute atomic E-state index is 0.353. The lowest BCUT2D eigenvalue weighted by molar-refractivity contribution is 0.663. The van der Waals surface area contributed by atoms with Crippen LogP contribution in [-0.4, -0.2) is 24.6 Å². The molecule has 3 nitrogen and oxygen atoms in total. The van der Waals surface area contributed by atoms with E-state index in [0.717, 1.165) is 18.8 Å². The third-order valence-corrected chi connectivity index (χ3v) is 3.07. The monoisotopic (exact) mass is 275 g/mol. The summed E-state index contributed by atoms with van der Waals surface area (Å²) < 4.78 is 0. The van der Waals surface area contributed by atoms with Crippen molar-refractivity contribution in [3.63, 3.8) is 0 Å². The smallest absolute Gasteiger partial charge is 0.150 e. The molecule has 0 aliphatic carbocycles. The summed E-state index contributed by atoms with van der Waals surface area (Å²) in [5.41, 5.74) is 0. The number of halogens is 2. The maximum absolute atomic E-state index is 6.22. The molecule has 0 unspecified atom stereocenters. The molecular formula is C12H19Cl2N3. The largest absolute Gasteiger partial charge is 0.372 e. The van der Waals surface area contributed by atoms with E-state index in [4.69, 9.17) is 23.2 Å². The van der Waals surface area contributed by atoms with Crippen LogP contribution in [0, 0.1) is 0 Å². The predicted octanol–water partition coefficient (Wildman–Crippen LogP) is 4.05. The lowest BCUT2D eigenvalue weighted by Crippen LogP contribution is -2.32. The average molecular weight is 276 g/mol. The molecular weight excluding hydrogens is 257 g/mol. The van der Waals surface area contributed by atoms with Crippen LogP contribution in [0.1, 0.15) is 27.2 Å². The highest BCUT2D eigenvalue weighted by atomic mass is 35.5. The van der Waals surface area contributed by atoms with Crippen molar-refractivity contribution in [1.29, 1.82) is 0 Å². The fraction of sp³-hybridized carbons (Fsp3) is 0.583. The van der Waals surface area contributed by atoms with E-state index in [0.29, 0.717) is 21.9 Å². The van der Waals surface area contributed by atoms with Crippen LogP contribution in [0.4, 0.5) is 11.6 Å². The molecule has 0 fully saturated rings. The molecule has 17 heavy (non-hydrogen) atoms. The van der Waals surface area contributed by atoms with Crippen LogP contribution in [-0.2, 0) is 0 Å². The summed E-state index contributed by atoms with van der Waals surface area (Å²) in [7, 11) is 1.80. The Morgan fingerprint density at radius 1 is 1.35 bits per heavy atom. The molecule has 0 bridgehead atoms. The molecule has 1 aromatic rings. The second-order valence-electron chi connectivity index (χ2n) is 4.16. The first-order valence-corrected chi connectivity index (χ1v) is 6.57. The lowest BCUT2D eigenvalue weighted by Gasteiger charge is -2.28. The van der Waals surface area contributed by atoms with Crippen LogP contribution in [0.25, 0.3) is 0 Å². The van der Waals surface area contributed by atoms with Gasteiger partial charge in [-0.1, -0.05) is 30.1 Å². The van der Waals surface area contributed by atoms with Crippen LogP contribution in [0.5, 0.6) is 0 Å². The Morgan fingerprint density at radius 2 is 2.00 bits per heavy atom. The van der Waals surface area contributed by atoms with Crippen LogP contribution < -0.4 is 10.2 Å². The van der Waals surface area contributed by atoms with E-state index in [1.165, 1.54) is 0 Å². The van der Waals surface area contributed by atoms with Gasteiger partial charge in [-0.05, 0) is 26.3 Å². The van der Waals surface area contributed by atoms with Gasteiger partial charge in [-0.3, -0.25) is 0 Å². The molecule has 1 rings (SSSR count). The summed E-state index contributed by atoms with van der Waals surface area (Å²) in [5.74, 6) is 1.45. The van der Waals surface area contributed by atoms with Gasteiger partial charge < -0.3 is 10.2 Å².